The first-order valence-electron chi connectivity index (χ1n) is 5.46. The van der Waals surface area contributed by atoms with Crippen LogP contribution in [0.5, 0.6) is 0 Å². The summed E-state index contributed by atoms with van der Waals surface area (Å²) in [6, 6.07) is 0. The zero-order valence-corrected chi connectivity index (χ0v) is 9.24. The van der Waals surface area contributed by atoms with Crippen molar-refractivity contribution >= 4 is 0 Å². The topological polar surface area (TPSA) is 74.2 Å². The van der Waals surface area contributed by atoms with Crippen LogP contribution < -0.4 is 5.73 Å². The van der Waals surface area contributed by atoms with Gasteiger partial charge in [0.25, 0.3) is 0 Å². The van der Waals surface area contributed by atoms with E-state index in [1.165, 1.54) is 0 Å². The molecule has 0 fully saturated rings. The summed E-state index contributed by atoms with van der Waals surface area (Å²) in [5.74, 6) is 1.45. The molecule has 15 heavy (non-hydrogen) atoms. The Morgan fingerprint density at radius 2 is 2.20 bits per heavy atom. The molecule has 1 aromatic heterocycles. The molecule has 86 valence electrons. The van der Waals surface area contributed by atoms with Crippen molar-refractivity contribution in [3.05, 3.63) is 11.7 Å². The Morgan fingerprint density at radius 1 is 1.33 bits per heavy atom. The molecule has 0 aromatic carbocycles. The van der Waals surface area contributed by atoms with E-state index in [4.69, 9.17) is 15.0 Å². The second-order valence-electron chi connectivity index (χ2n) is 3.30. The molecule has 2 N–H and O–H groups in total. The molecule has 0 saturated carbocycles. The third-order valence-electron chi connectivity index (χ3n) is 2.00. The molecule has 1 aromatic rings. The number of nitrogens with two attached hydrogens (primary N) is 1. The van der Waals surface area contributed by atoms with Gasteiger partial charge in [-0.15, -0.1) is 0 Å². The Morgan fingerprint density at radius 3 is 2.93 bits per heavy atom. The van der Waals surface area contributed by atoms with Gasteiger partial charge in [0.1, 0.15) is 0 Å². The Bertz CT molecular complexity index is 263. The number of hydrogen-bond acceptors (Lipinski definition) is 5. The Balaban J connectivity index is 2.20. The van der Waals surface area contributed by atoms with Crippen LogP contribution in [0.1, 0.15) is 31.5 Å². The molecule has 0 radical (unpaired) electrons. The van der Waals surface area contributed by atoms with E-state index in [-0.39, 0.29) is 0 Å². The van der Waals surface area contributed by atoms with E-state index in [2.05, 4.69) is 10.1 Å². The average Bonchev–Trinajstić information content (AvgIpc) is 2.69. The van der Waals surface area contributed by atoms with Crippen molar-refractivity contribution in [3.63, 3.8) is 0 Å². The van der Waals surface area contributed by atoms with Gasteiger partial charge in [-0.1, -0.05) is 5.16 Å². The normalized spacial score (nSPS) is 10.8. The van der Waals surface area contributed by atoms with E-state index in [1.54, 1.807) is 0 Å². The zero-order chi connectivity index (χ0) is 10.9. The fourth-order valence-corrected chi connectivity index (χ4v) is 1.22. The third kappa shape index (κ3) is 4.90. The average molecular weight is 213 g/mol. The molecule has 0 unspecified atom stereocenters. The van der Waals surface area contributed by atoms with Gasteiger partial charge in [-0.3, -0.25) is 0 Å². The summed E-state index contributed by atoms with van der Waals surface area (Å²) in [5, 5.41) is 3.87. The molecule has 0 saturated heterocycles. The molecule has 0 aliphatic heterocycles. The quantitative estimate of drug-likeness (QED) is 0.650. The molecule has 1 rings (SSSR count). The van der Waals surface area contributed by atoms with Crippen molar-refractivity contribution in [2.75, 3.05) is 19.8 Å². The summed E-state index contributed by atoms with van der Waals surface area (Å²) < 4.78 is 10.3. The lowest BCUT2D eigenvalue weighted by molar-refractivity contribution is 0.143. The monoisotopic (exact) mass is 213 g/mol. The predicted octanol–water partition coefficient (Wildman–Crippen LogP) is 0.930. The molecule has 5 heteroatoms. The number of aromatic nitrogens is 2. The van der Waals surface area contributed by atoms with Crippen LogP contribution in [0.25, 0.3) is 0 Å². The zero-order valence-electron chi connectivity index (χ0n) is 9.24. The number of hydrogen-bond donors (Lipinski definition) is 1. The molecule has 1 heterocycles. The first-order chi connectivity index (χ1) is 7.36. The van der Waals surface area contributed by atoms with Crippen LogP contribution in [-0.2, 0) is 17.6 Å². The SMILES string of the molecule is CCOCCCc1nc(CCCN)no1. The van der Waals surface area contributed by atoms with Gasteiger partial charge in [0.05, 0.1) is 0 Å². The van der Waals surface area contributed by atoms with Crippen molar-refractivity contribution in [1.29, 1.82) is 0 Å². The largest absolute Gasteiger partial charge is 0.382 e. The smallest absolute Gasteiger partial charge is 0.226 e. The van der Waals surface area contributed by atoms with Crippen molar-refractivity contribution in [1.82, 2.24) is 10.1 Å². The second kappa shape index (κ2) is 7.36. The van der Waals surface area contributed by atoms with E-state index in [0.29, 0.717) is 12.4 Å². The fraction of sp³-hybridized carbons (Fsp3) is 0.800. The number of aryl methyl sites for hydroxylation is 2. The van der Waals surface area contributed by atoms with Gasteiger partial charge in [0.15, 0.2) is 5.82 Å². The number of ether oxygens (including phenoxy) is 1. The van der Waals surface area contributed by atoms with Crippen LogP contribution >= 0.6 is 0 Å². The number of rotatable bonds is 8. The van der Waals surface area contributed by atoms with Gasteiger partial charge in [0, 0.05) is 26.1 Å². The van der Waals surface area contributed by atoms with E-state index >= 15 is 0 Å². The first kappa shape index (κ1) is 12.1. The molecular weight excluding hydrogens is 194 g/mol. The Labute approximate surface area is 90.0 Å². The lowest BCUT2D eigenvalue weighted by Crippen LogP contribution is -2.01. The summed E-state index contributed by atoms with van der Waals surface area (Å²) >= 11 is 0. The van der Waals surface area contributed by atoms with E-state index in [9.17, 15) is 0 Å². The molecule has 0 aliphatic carbocycles. The highest BCUT2D eigenvalue weighted by atomic mass is 16.5. The highest BCUT2D eigenvalue weighted by Crippen LogP contribution is 2.02. The van der Waals surface area contributed by atoms with Gasteiger partial charge in [-0.05, 0) is 26.3 Å². The minimum Gasteiger partial charge on any atom is -0.382 e. The summed E-state index contributed by atoms with van der Waals surface area (Å²) in [4.78, 5) is 4.26. The summed E-state index contributed by atoms with van der Waals surface area (Å²) in [5.41, 5.74) is 5.39. The highest BCUT2D eigenvalue weighted by molar-refractivity contribution is 4.86. The standard InChI is InChI=1S/C10H19N3O2/c1-2-14-8-4-6-10-12-9(13-15-10)5-3-7-11/h2-8,11H2,1H3. The molecule has 5 nitrogen and oxygen atoms in total. The van der Waals surface area contributed by atoms with E-state index < -0.39 is 0 Å². The minimum absolute atomic E-state index is 0.661. The molecular formula is C10H19N3O2. The maximum absolute atomic E-state index is 5.39. The van der Waals surface area contributed by atoms with Gasteiger partial charge in [-0.25, -0.2) is 0 Å². The van der Waals surface area contributed by atoms with Crippen molar-refractivity contribution < 1.29 is 9.26 Å². The van der Waals surface area contributed by atoms with Gasteiger partial charge in [0.2, 0.25) is 5.89 Å². The van der Waals surface area contributed by atoms with Crippen molar-refractivity contribution in [2.45, 2.75) is 32.6 Å². The van der Waals surface area contributed by atoms with Crippen LogP contribution in [0, 0.1) is 0 Å². The van der Waals surface area contributed by atoms with Crippen LogP contribution in [-0.4, -0.2) is 29.9 Å². The predicted molar refractivity (Wildman–Crippen MR) is 56.5 cm³/mol. The van der Waals surface area contributed by atoms with Gasteiger partial charge in [-0.2, -0.15) is 4.98 Å². The second-order valence-corrected chi connectivity index (χ2v) is 3.30. The Kier molecular flexibility index (Phi) is 5.96. The Hall–Kier alpha value is -0.940. The highest BCUT2D eigenvalue weighted by Gasteiger charge is 2.04. The molecule has 0 aliphatic rings. The van der Waals surface area contributed by atoms with Crippen molar-refractivity contribution in [3.8, 4) is 0 Å². The minimum atomic E-state index is 0.661. The lowest BCUT2D eigenvalue weighted by atomic mass is 10.3. The van der Waals surface area contributed by atoms with Crippen LogP contribution in [0.3, 0.4) is 0 Å². The van der Waals surface area contributed by atoms with Crippen LogP contribution in [0.2, 0.25) is 0 Å². The molecule has 0 spiro atoms. The van der Waals surface area contributed by atoms with Crippen LogP contribution in [0.4, 0.5) is 0 Å². The summed E-state index contributed by atoms with van der Waals surface area (Å²) in [6.07, 6.45) is 3.41. The molecule has 0 atom stereocenters. The summed E-state index contributed by atoms with van der Waals surface area (Å²) in [7, 11) is 0. The maximum atomic E-state index is 5.39. The van der Waals surface area contributed by atoms with E-state index in [0.717, 1.165) is 44.7 Å². The molecule has 0 amide bonds. The lowest BCUT2D eigenvalue weighted by Gasteiger charge is -1.96. The third-order valence-corrected chi connectivity index (χ3v) is 2.00. The van der Waals surface area contributed by atoms with Gasteiger partial charge < -0.3 is 15.0 Å². The van der Waals surface area contributed by atoms with Crippen molar-refractivity contribution in [2.24, 2.45) is 5.73 Å². The number of nitrogens with zero attached hydrogens (tertiary/aromatic N) is 2. The first-order valence-corrected chi connectivity index (χ1v) is 5.46. The summed E-state index contributed by atoms with van der Waals surface area (Å²) in [6.45, 7) is 4.15. The fourth-order valence-electron chi connectivity index (χ4n) is 1.22. The molecule has 0 bridgehead atoms. The van der Waals surface area contributed by atoms with Gasteiger partial charge >= 0.3 is 0 Å². The maximum Gasteiger partial charge on any atom is 0.226 e. The van der Waals surface area contributed by atoms with E-state index in [1.807, 2.05) is 6.92 Å². The van der Waals surface area contributed by atoms with Crippen LogP contribution in [0.15, 0.2) is 4.52 Å².